The lowest BCUT2D eigenvalue weighted by molar-refractivity contribution is 0.442. The summed E-state index contributed by atoms with van der Waals surface area (Å²) in [6.07, 6.45) is 3.32. The van der Waals surface area contributed by atoms with Crippen LogP contribution in [0.3, 0.4) is 0 Å². The number of halogens is 2. The van der Waals surface area contributed by atoms with Gasteiger partial charge in [0.05, 0.1) is 5.88 Å². The summed E-state index contributed by atoms with van der Waals surface area (Å²) in [6.45, 7) is 0. The first kappa shape index (κ1) is 13.3. The molecule has 0 fully saturated rings. The van der Waals surface area contributed by atoms with Gasteiger partial charge < -0.3 is 4.74 Å². The molecule has 100 valence electrons. The van der Waals surface area contributed by atoms with Crippen LogP contribution < -0.4 is 4.74 Å². The summed E-state index contributed by atoms with van der Waals surface area (Å²) in [5.41, 5.74) is 0.863. The van der Waals surface area contributed by atoms with E-state index in [0.29, 0.717) is 17.6 Å². The summed E-state index contributed by atoms with van der Waals surface area (Å²) < 4.78 is 6.69. The first-order valence-corrected chi connectivity index (χ1v) is 7.31. The molecule has 0 aliphatic heterocycles. The van der Waals surface area contributed by atoms with E-state index in [1.54, 1.807) is 12.4 Å². The molecule has 0 amide bonds. The van der Waals surface area contributed by atoms with E-state index in [-0.39, 0.29) is 0 Å². The van der Waals surface area contributed by atoms with E-state index in [4.69, 9.17) is 16.3 Å². The lowest BCUT2D eigenvalue weighted by atomic mass is 10.1. The van der Waals surface area contributed by atoms with Crippen molar-refractivity contribution in [2.75, 3.05) is 0 Å². The Morgan fingerprint density at radius 1 is 1.00 bits per heavy atom. The molecule has 0 saturated carbocycles. The third-order valence-electron chi connectivity index (χ3n) is 2.82. The third kappa shape index (κ3) is 2.92. The van der Waals surface area contributed by atoms with Crippen LogP contribution in [0.5, 0.6) is 11.8 Å². The van der Waals surface area contributed by atoms with Gasteiger partial charge in [0.25, 0.3) is 0 Å². The number of alkyl halides is 1. The fourth-order valence-electron chi connectivity index (χ4n) is 1.83. The molecule has 3 nitrogen and oxygen atoms in total. The number of rotatable bonds is 3. The maximum absolute atomic E-state index is 5.69. The highest BCUT2D eigenvalue weighted by Crippen LogP contribution is 2.26. The Kier molecular flexibility index (Phi) is 3.85. The second-order valence-electron chi connectivity index (χ2n) is 4.26. The molecule has 3 aromatic rings. The molecule has 3 rings (SSSR count). The fraction of sp³-hybridized carbons (Fsp3) is 0.0667. The van der Waals surface area contributed by atoms with Crippen LogP contribution in [0.15, 0.2) is 53.3 Å². The standard InChI is InChI=1S/C15H10BrClN2O/c16-13-3-1-12-6-14(4-2-11(12)5-13)20-15-18-8-10(7-17)9-19-15/h1-6,8-9H,7H2. The topological polar surface area (TPSA) is 35.0 Å². The first-order chi connectivity index (χ1) is 9.74. The average Bonchev–Trinajstić information content (AvgIpc) is 2.48. The van der Waals surface area contributed by atoms with Crippen molar-refractivity contribution in [2.45, 2.75) is 5.88 Å². The Balaban J connectivity index is 1.88. The van der Waals surface area contributed by atoms with E-state index in [9.17, 15) is 0 Å². The van der Waals surface area contributed by atoms with E-state index < -0.39 is 0 Å². The third-order valence-corrected chi connectivity index (χ3v) is 3.62. The van der Waals surface area contributed by atoms with Gasteiger partial charge in [-0.2, -0.15) is 0 Å². The quantitative estimate of drug-likeness (QED) is 0.629. The van der Waals surface area contributed by atoms with Crippen LogP contribution in [0.1, 0.15) is 5.56 Å². The predicted molar refractivity (Wildman–Crippen MR) is 83.3 cm³/mol. The van der Waals surface area contributed by atoms with Crippen LogP contribution in [-0.4, -0.2) is 9.97 Å². The predicted octanol–water partition coefficient (Wildman–Crippen LogP) is 4.92. The van der Waals surface area contributed by atoms with Crippen molar-refractivity contribution in [1.29, 1.82) is 0 Å². The Bertz CT molecular complexity index is 746. The zero-order valence-corrected chi connectivity index (χ0v) is 12.7. The summed E-state index contributed by atoms with van der Waals surface area (Å²) in [5, 5.41) is 2.24. The van der Waals surface area contributed by atoms with Crippen molar-refractivity contribution >= 4 is 38.3 Å². The summed E-state index contributed by atoms with van der Waals surface area (Å²) in [7, 11) is 0. The minimum Gasteiger partial charge on any atom is -0.424 e. The van der Waals surface area contributed by atoms with Gasteiger partial charge in [0.2, 0.25) is 0 Å². The van der Waals surface area contributed by atoms with Gasteiger partial charge in [-0.15, -0.1) is 11.6 Å². The molecule has 0 spiro atoms. The fourth-order valence-corrected chi connectivity index (χ4v) is 2.35. The zero-order chi connectivity index (χ0) is 13.9. The average molecular weight is 350 g/mol. The summed E-state index contributed by atoms with van der Waals surface area (Å²) >= 11 is 9.15. The van der Waals surface area contributed by atoms with Crippen LogP contribution in [0.25, 0.3) is 10.8 Å². The Hall–Kier alpha value is -1.65. The molecule has 1 heterocycles. The van der Waals surface area contributed by atoms with Crippen molar-refractivity contribution in [3.8, 4) is 11.8 Å². The van der Waals surface area contributed by atoms with E-state index in [1.807, 2.05) is 30.3 Å². The van der Waals surface area contributed by atoms with Gasteiger partial charge in [-0.1, -0.05) is 28.1 Å². The Morgan fingerprint density at radius 2 is 1.70 bits per heavy atom. The zero-order valence-electron chi connectivity index (χ0n) is 10.4. The highest BCUT2D eigenvalue weighted by molar-refractivity contribution is 9.10. The van der Waals surface area contributed by atoms with Gasteiger partial charge in [-0.05, 0) is 35.0 Å². The van der Waals surface area contributed by atoms with Gasteiger partial charge in [0, 0.05) is 22.4 Å². The molecule has 5 heteroatoms. The highest BCUT2D eigenvalue weighted by atomic mass is 79.9. The number of fused-ring (bicyclic) bond motifs is 1. The number of hydrogen-bond donors (Lipinski definition) is 0. The van der Waals surface area contributed by atoms with Gasteiger partial charge in [-0.25, -0.2) is 9.97 Å². The number of aromatic nitrogens is 2. The van der Waals surface area contributed by atoms with Crippen molar-refractivity contribution in [2.24, 2.45) is 0 Å². The molecule has 2 aromatic carbocycles. The summed E-state index contributed by atoms with van der Waals surface area (Å²) in [5.74, 6) is 1.10. The second kappa shape index (κ2) is 5.77. The molecule has 0 N–H and O–H groups in total. The van der Waals surface area contributed by atoms with Gasteiger partial charge in [0.1, 0.15) is 5.75 Å². The molecule has 0 bridgehead atoms. The lowest BCUT2D eigenvalue weighted by Crippen LogP contribution is -1.92. The number of hydrogen-bond acceptors (Lipinski definition) is 3. The summed E-state index contributed by atoms with van der Waals surface area (Å²) in [6, 6.07) is 12.3. The van der Waals surface area contributed by atoms with Crippen LogP contribution in [0.4, 0.5) is 0 Å². The second-order valence-corrected chi connectivity index (χ2v) is 5.45. The minimum absolute atomic E-state index is 0.315. The van der Waals surface area contributed by atoms with E-state index in [2.05, 4.69) is 32.0 Å². The Morgan fingerprint density at radius 3 is 2.45 bits per heavy atom. The largest absolute Gasteiger partial charge is 0.424 e. The van der Waals surface area contributed by atoms with Crippen LogP contribution in [-0.2, 0) is 5.88 Å². The highest BCUT2D eigenvalue weighted by Gasteiger charge is 2.02. The minimum atomic E-state index is 0.315. The molecule has 20 heavy (non-hydrogen) atoms. The van der Waals surface area contributed by atoms with Crippen LogP contribution in [0.2, 0.25) is 0 Å². The SMILES string of the molecule is ClCc1cnc(Oc2ccc3cc(Br)ccc3c2)nc1. The van der Waals surface area contributed by atoms with E-state index in [0.717, 1.165) is 20.8 Å². The molecular weight excluding hydrogens is 340 g/mol. The monoisotopic (exact) mass is 348 g/mol. The maximum atomic E-state index is 5.69. The van der Waals surface area contributed by atoms with Gasteiger partial charge in [0.15, 0.2) is 0 Å². The van der Waals surface area contributed by atoms with Crippen LogP contribution >= 0.6 is 27.5 Å². The number of ether oxygens (including phenoxy) is 1. The Labute approximate surface area is 129 Å². The normalized spacial score (nSPS) is 10.7. The number of benzene rings is 2. The number of nitrogens with zero attached hydrogens (tertiary/aromatic N) is 2. The van der Waals surface area contributed by atoms with Crippen LogP contribution in [0, 0.1) is 0 Å². The van der Waals surface area contributed by atoms with Crippen molar-refractivity contribution in [3.63, 3.8) is 0 Å². The smallest absolute Gasteiger partial charge is 0.321 e. The van der Waals surface area contributed by atoms with E-state index >= 15 is 0 Å². The molecule has 0 atom stereocenters. The van der Waals surface area contributed by atoms with Crippen molar-refractivity contribution < 1.29 is 4.74 Å². The molecule has 1 aromatic heterocycles. The van der Waals surface area contributed by atoms with Gasteiger partial charge >= 0.3 is 6.01 Å². The van der Waals surface area contributed by atoms with Crippen molar-refractivity contribution in [3.05, 3.63) is 58.8 Å². The molecule has 0 aliphatic carbocycles. The van der Waals surface area contributed by atoms with Gasteiger partial charge in [-0.3, -0.25) is 0 Å². The first-order valence-electron chi connectivity index (χ1n) is 5.99. The molecule has 0 unspecified atom stereocenters. The van der Waals surface area contributed by atoms with Crippen molar-refractivity contribution in [1.82, 2.24) is 9.97 Å². The molecular formula is C15H10BrClN2O. The maximum Gasteiger partial charge on any atom is 0.321 e. The van der Waals surface area contributed by atoms with E-state index in [1.165, 1.54) is 0 Å². The molecule has 0 saturated heterocycles. The summed E-state index contributed by atoms with van der Waals surface area (Å²) in [4.78, 5) is 8.23. The molecule has 0 radical (unpaired) electrons. The lowest BCUT2D eigenvalue weighted by Gasteiger charge is -2.05. The molecule has 0 aliphatic rings.